The van der Waals surface area contributed by atoms with Crippen molar-refractivity contribution < 1.29 is 19.7 Å². The summed E-state index contributed by atoms with van der Waals surface area (Å²) >= 11 is 0. The topological polar surface area (TPSA) is 66.8 Å². The minimum absolute atomic E-state index is 0.230. The first kappa shape index (κ1) is 12.5. The lowest BCUT2D eigenvalue weighted by Crippen LogP contribution is -2.51. The lowest BCUT2D eigenvalue weighted by atomic mass is 9.84. The van der Waals surface area contributed by atoms with Crippen molar-refractivity contribution in [2.24, 2.45) is 0 Å². The second kappa shape index (κ2) is 5.47. The fraction of sp³-hybridized carbons (Fsp3) is 0.909. The Balaban J connectivity index is 2.70. The Hall–Kier alpha value is -0.610. The van der Waals surface area contributed by atoms with Gasteiger partial charge in [0.15, 0.2) is 5.60 Å². The van der Waals surface area contributed by atoms with E-state index in [1.54, 1.807) is 6.92 Å². The minimum Gasteiger partial charge on any atom is -0.464 e. The van der Waals surface area contributed by atoms with Gasteiger partial charge in [-0.25, -0.2) is 4.79 Å². The van der Waals surface area contributed by atoms with E-state index < -0.39 is 17.7 Å². The molecule has 0 aromatic carbocycles. The normalized spacial score (nSPS) is 32.9. The molecule has 0 aromatic rings. The van der Waals surface area contributed by atoms with Gasteiger partial charge in [-0.3, -0.25) is 0 Å². The smallest absolute Gasteiger partial charge is 0.340 e. The molecular weight excluding hydrogens is 196 g/mol. The number of hydrogen-bond donors (Lipinski definition) is 2. The summed E-state index contributed by atoms with van der Waals surface area (Å²) in [5.41, 5.74) is -1.68. The molecule has 1 fully saturated rings. The molecule has 0 unspecified atom stereocenters. The van der Waals surface area contributed by atoms with E-state index in [0.717, 1.165) is 25.7 Å². The molecule has 1 aliphatic rings. The quantitative estimate of drug-likeness (QED) is 0.676. The average Bonchev–Trinajstić information content (AvgIpc) is 2.20. The molecule has 1 saturated carbocycles. The molecule has 0 amide bonds. The second-order valence-corrected chi connectivity index (χ2v) is 4.11. The largest absolute Gasteiger partial charge is 0.464 e. The van der Waals surface area contributed by atoms with Crippen LogP contribution in [0.15, 0.2) is 0 Å². The van der Waals surface area contributed by atoms with Gasteiger partial charge < -0.3 is 14.9 Å². The van der Waals surface area contributed by atoms with Crippen LogP contribution >= 0.6 is 0 Å². The first-order valence-electron chi connectivity index (χ1n) is 5.69. The van der Waals surface area contributed by atoms with Crippen LogP contribution in [0.25, 0.3) is 0 Å². The highest BCUT2D eigenvalue weighted by molar-refractivity contribution is 5.80. The van der Waals surface area contributed by atoms with Crippen molar-refractivity contribution in [2.75, 3.05) is 6.61 Å². The van der Waals surface area contributed by atoms with E-state index >= 15 is 0 Å². The summed E-state index contributed by atoms with van der Waals surface area (Å²) in [6, 6.07) is 0. The van der Waals surface area contributed by atoms with Gasteiger partial charge in [-0.1, -0.05) is 19.3 Å². The standard InChI is InChI=1S/C11H20O4/c1-2-15-10(13)11(14)8-6-4-3-5-7-9(11)12/h9,12,14H,2-8H2,1H3/t9-,11+/m1/s1. The molecule has 2 atom stereocenters. The summed E-state index contributed by atoms with van der Waals surface area (Å²) in [6.45, 7) is 1.92. The van der Waals surface area contributed by atoms with Crippen LogP contribution in [0.3, 0.4) is 0 Å². The summed E-state index contributed by atoms with van der Waals surface area (Å²) in [7, 11) is 0. The van der Waals surface area contributed by atoms with Crippen LogP contribution in [0.5, 0.6) is 0 Å². The summed E-state index contributed by atoms with van der Waals surface area (Å²) in [6.07, 6.45) is 3.43. The first-order valence-corrected chi connectivity index (χ1v) is 5.69. The number of aliphatic hydroxyl groups is 2. The molecule has 4 nitrogen and oxygen atoms in total. The molecular formula is C11H20O4. The van der Waals surface area contributed by atoms with Gasteiger partial charge in [-0.2, -0.15) is 0 Å². The van der Waals surface area contributed by atoms with Crippen molar-refractivity contribution in [3.8, 4) is 0 Å². The highest BCUT2D eigenvalue weighted by Crippen LogP contribution is 2.27. The number of esters is 1. The van der Waals surface area contributed by atoms with Gasteiger partial charge in [0, 0.05) is 0 Å². The molecule has 4 heteroatoms. The molecule has 1 aliphatic carbocycles. The predicted octanol–water partition coefficient (Wildman–Crippen LogP) is 0.996. The SMILES string of the molecule is CCOC(=O)[C@]1(O)CCCCCC[C@H]1O. The molecule has 88 valence electrons. The van der Waals surface area contributed by atoms with E-state index in [1.807, 2.05) is 0 Å². The number of rotatable bonds is 2. The van der Waals surface area contributed by atoms with Crippen molar-refractivity contribution in [3.05, 3.63) is 0 Å². The van der Waals surface area contributed by atoms with E-state index in [2.05, 4.69) is 0 Å². The van der Waals surface area contributed by atoms with E-state index in [-0.39, 0.29) is 6.61 Å². The molecule has 0 spiro atoms. The molecule has 0 heterocycles. The maximum Gasteiger partial charge on any atom is 0.340 e. The molecule has 1 rings (SSSR count). The monoisotopic (exact) mass is 216 g/mol. The molecule has 0 aliphatic heterocycles. The van der Waals surface area contributed by atoms with Crippen LogP contribution in [0.1, 0.15) is 45.4 Å². The van der Waals surface area contributed by atoms with Crippen molar-refractivity contribution in [2.45, 2.75) is 57.2 Å². The van der Waals surface area contributed by atoms with Crippen molar-refractivity contribution in [3.63, 3.8) is 0 Å². The third-order valence-electron chi connectivity index (χ3n) is 2.97. The third kappa shape index (κ3) is 2.92. The predicted molar refractivity (Wildman–Crippen MR) is 55.3 cm³/mol. The molecule has 0 saturated heterocycles. The Labute approximate surface area is 90.2 Å². The van der Waals surface area contributed by atoms with Gasteiger partial charge >= 0.3 is 5.97 Å². The lowest BCUT2D eigenvalue weighted by molar-refractivity contribution is -0.180. The number of ether oxygens (including phenoxy) is 1. The van der Waals surface area contributed by atoms with E-state index in [1.165, 1.54) is 0 Å². The number of carbonyl (C=O) groups excluding carboxylic acids is 1. The van der Waals surface area contributed by atoms with E-state index in [0.29, 0.717) is 12.8 Å². The lowest BCUT2D eigenvalue weighted by Gasteiger charge is -2.32. The Morgan fingerprint density at radius 3 is 2.73 bits per heavy atom. The number of hydrogen-bond acceptors (Lipinski definition) is 4. The van der Waals surface area contributed by atoms with Crippen molar-refractivity contribution >= 4 is 5.97 Å². The Morgan fingerprint density at radius 1 is 1.40 bits per heavy atom. The van der Waals surface area contributed by atoms with Gasteiger partial charge in [-0.15, -0.1) is 0 Å². The van der Waals surface area contributed by atoms with Gasteiger partial charge in [0.1, 0.15) is 0 Å². The molecule has 15 heavy (non-hydrogen) atoms. The van der Waals surface area contributed by atoms with Gasteiger partial charge in [0.05, 0.1) is 12.7 Å². The zero-order valence-corrected chi connectivity index (χ0v) is 9.24. The minimum atomic E-state index is -1.68. The highest BCUT2D eigenvalue weighted by Gasteiger charge is 2.44. The summed E-state index contributed by atoms with van der Waals surface area (Å²) in [5, 5.41) is 19.9. The molecule has 0 radical (unpaired) electrons. The molecule has 0 bridgehead atoms. The maximum absolute atomic E-state index is 11.6. The van der Waals surface area contributed by atoms with Crippen LogP contribution in [0.4, 0.5) is 0 Å². The van der Waals surface area contributed by atoms with E-state index in [4.69, 9.17) is 4.74 Å². The summed E-state index contributed by atoms with van der Waals surface area (Å²) in [5.74, 6) is -0.681. The van der Waals surface area contributed by atoms with Gasteiger partial charge in [0.25, 0.3) is 0 Å². The zero-order chi connectivity index (χ0) is 11.3. The second-order valence-electron chi connectivity index (χ2n) is 4.11. The fourth-order valence-corrected chi connectivity index (χ4v) is 1.99. The van der Waals surface area contributed by atoms with Crippen LogP contribution in [-0.2, 0) is 9.53 Å². The Morgan fingerprint density at radius 2 is 2.07 bits per heavy atom. The zero-order valence-electron chi connectivity index (χ0n) is 9.24. The van der Waals surface area contributed by atoms with Gasteiger partial charge in [-0.05, 0) is 26.2 Å². The Kier molecular flexibility index (Phi) is 4.54. The van der Waals surface area contributed by atoms with Crippen LogP contribution < -0.4 is 0 Å². The van der Waals surface area contributed by atoms with Gasteiger partial charge in [0.2, 0.25) is 0 Å². The Bertz CT molecular complexity index is 217. The molecule has 2 N–H and O–H groups in total. The molecule has 0 aromatic heterocycles. The van der Waals surface area contributed by atoms with Crippen LogP contribution in [0, 0.1) is 0 Å². The average molecular weight is 216 g/mol. The van der Waals surface area contributed by atoms with E-state index in [9.17, 15) is 15.0 Å². The highest BCUT2D eigenvalue weighted by atomic mass is 16.6. The number of aliphatic hydroxyl groups excluding tert-OH is 1. The van der Waals surface area contributed by atoms with Crippen LogP contribution in [-0.4, -0.2) is 34.5 Å². The van der Waals surface area contributed by atoms with Crippen molar-refractivity contribution in [1.29, 1.82) is 0 Å². The fourth-order valence-electron chi connectivity index (χ4n) is 1.99. The third-order valence-corrected chi connectivity index (χ3v) is 2.97. The maximum atomic E-state index is 11.6. The van der Waals surface area contributed by atoms with Crippen LogP contribution in [0.2, 0.25) is 0 Å². The number of carbonyl (C=O) groups is 1. The summed E-state index contributed by atoms with van der Waals surface area (Å²) in [4.78, 5) is 11.6. The van der Waals surface area contributed by atoms with Crippen molar-refractivity contribution in [1.82, 2.24) is 0 Å². The summed E-state index contributed by atoms with van der Waals surface area (Å²) < 4.78 is 4.80. The first-order chi connectivity index (χ1) is 7.11.